The minimum atomic E-state index is 0.0850. The van der Waals surface area contributed by atoms with Crippen molar-refractivity contribution in [1.82, 2.24) is 15.3 Å². The Morgan fingerprint density at radius 1 is 1.11 bits per heavy atom. The molecule has 1 aromatic carbocycles. The summed E-state index contributed by atoms with van der Waals surface area (Å²) in [5, 5.41) is 6.39. The highest BCUT2D eigenvalue weighted by atomic mass is 32.1. The van der Waals surface area contributed by atoms with Crippen LogP contribution in [0.15, 0.2) is 54.9 Å². The van der Waals surface area contributed by atoms with E-state index < -0.39 is 0 Å². The Labute approximate surface area is 227 Å². The summed E-state index contributed by atoms with van der Waals surface area (Å²) < 4.78 is 12.5. The van der Waals surface area contributed by atoms with E-state index in [1.165, 1.54) is 0 Å². The summed E-state index contributed by atoms with van der Waals surface area (Å²) in [5.74, 6) is 2.42. The lowest BCUT2D eigenvalue weighted by molar-refractivity contribution is -0.116. The molecule has 0 saturated heterocycles. The van der Waals surface area contributed by atoms with Gasteiger partial charge in [-0.2, -0.15) is 0 Å². The smallest absolute Gasteiger partial charge is 0.224 e. The summed E-state index contributed by atoms with van der Waals surface area (Å²) in [6.07, 6.45) is 6.61. The quantitative estimate of drug-likeness (QED) is 0.197. The molecule has 0 atom stereocenters. The summed E-state index contributed by atoms with van der Waals surface area (Å²) in [6.45, 7) is 6.51. The van der Waals surface area contributed by atoms with Gasteiger partial charge in [0.1, 0.15) is 11.5 Å². The standard InChI is InChI=1S/C30H34N4O3S/c1-19(2)23-15-22(34-29(35)14-20-4-5-20)7-9-26(23)37-27-10-11-32-25-16-28(38-30(25)27)24-8-6-21(18-33-24)17-31-12-13-36-3/h6-11,15-16,18-20,31H,4-5,12-14,17H2,1-3H3,(H,34,35). The first-order valence-corrected chi connectivity index (χ1v) is 14.0. The van der Waals surface area contributed by atoms with Gasteiger partial charge < -0.3 is 20.1 Å². The molecule has 4 aromatic rings. The van der Waals surface area contributed by atoms with E-state index in [0.29, 0.717) is 18.9 Å². The van der Waals surface area contributed by atoms with Crippen molar-refractivity contribution in [2.45, 2.75) is 45.6 Å². The SMILES string of the molecule is COCCNCc1ccc(-c2cc3nccc(Oc4ccc(NC(=O)CC5CC5)cc4C(C)C)c3s2)nc1. The molecule has 0 unspecified atom stereocenters. The van der Waals surface area contributed by atoms with Crippen LogP contribution in [0.5, 0.6) is 11.5 Å². The summed E-state index contributed by atoms with van der Waals surface area (Å²) in [4.78, 5) is 22.6. The van der Waals surface area contributed by atoms with Crippen molar-refractivity contribution in [1.29, 1.82) is 0 Å². The van der Waals surface area contributed by atoms with Gasteiger partial charge in [0, 0.05) is 50.8 Å². The van der Waals surface area contributed by atoms with Crippen molar-refractivity contribution < 1.29 is 14.3 Å². The fourth-order valence-electron chi connectivity index (χ4n) is 4.29. The van der Waals surface area contributed by atoms with E-state index >= 15 is 0 Å². The highest BCUT2D eigenvalue weighted by molar-refractivity contribution is 7.22. The van der Waals surface area contributed by atoms with E-state index in [2.05, 4.69) is 46.6 Å². The molecule has 0 aliphatic heterocycles. The summed E-state index contributed by atoms with van der Waals surface area (Å²) >= 11 is 1.62. The Morgan fingerprint density at radius 3 is 2.71 bits per heavy atom. The molecule has 5 rings (SSSR count). The van der Waals surface area contributed by atoms with Gasteiger partial charge in [0.15, 0.2) is 0 Å². The maximum atomic E-state index is 12.3. The second-order valence-corrected chi connectivity index (χ2v) is 11.1. The molecule has 3 heterocycles. The first-order valence-electron chi connectivity index (χ1n) is 13.2. The van der Waals surface area contributed by atoms with Crippen LogP contribution in [0.3, 0.4) is 0 Å². The number of thiophene rings is 1. The number of hydrogen-bond acceptors (Lipinski definition) is 7. The van der Waals surface area contributed by atoms with Gasteiger partial charge in [-0.15, -0.1) is 11.3 Å². The lowest BCUT2D eigenvalue weighted by Gasteiger charge is -2.16. The monoisotopic (exact) mass is 530 g/mol. The number of ether oxygens (including phenoxy) is 2. The van der Waals surface area contributed by atoms with E-state index in [1.807, 2.05) is 36.5 Å². The first-order chi connectivity index (χ1) is 18.5. The van der Waals surface area contributed by atoms with Crippen LogP contribution in [0.2, 0.25) is 0 Å². The molecular weight excluding hydrogens is 496 g/mol. The summed E-state index contributed by atoms with van der Waals surface area (Å²) in [6, 6.07) is 14.0. The van der Waals surface area contributed by atoms with E-state index in [4.69, 9.17) is 9.47 Å². The zero-order valence-corrected chi connectivity index (χ0v) is 22.9. The van der Waals surface area contributed by atoms with Crippen LogP contribution in [0, 0.1) is 5.92 Å². The number of methoxy groups -OCH3 is 1. The molecule has 0 radical (unpaired) electrons. The van der Waals surface area contributed by atoms with Crippen LogP contribution in [0.4, 0.5) is 5.69 Å². The van der Waals surface area contributed by atoms with E-state index in [-0.39, 0.29) is 11.8 Å². The van der Waals surface area contributed by atoms with Crippen LogP contribution in [-0.2, 0) is 16.1 Å². The Bertz CT molecular complexity index is 1400. The molecule has 8 heteroatoms. The predicted molar refractivity (Wildman–Crippen MR) is 153 cm³/mol. The lowest BCUT2D eigenvalue weighted by Crippen LogP contribution is -2.18. The average molecular weight is 531 g/mol. The van der Waals surface area contributed by atoms with Gasteiger partial charge in [0.25, 0.3) is 0 Å². The number of nitrogens with zero attached hydrogens (tertiary/aromatic N) is 2. The molecule has 1 aliphatic rings. The minimum Gasteiger partial charge on any atom is -0.455 e. The summed E-state index contributed by atoms with van der Waals surface area (Å²) in [5.41, 5.74) is 4.78. The van der Waals surface area contributed by atoms with Crippen molar-refractivity contribution >= 4 is 33.1 Å². The maximum Gasteiger partial charge on any atom is 0.224 e. The van der Waals surface area contributed by atoms with Crippen molar-refractivity contribution in [2.24, 2.45) is 5.92 Å². The molecular formula is C30H34N4O3S. The van der Waals surface area contributed by atoms with E-state index in [1.54, 1.807) is 24.6 Å². The number of benzene rings is 1. The van der Waals surface area contributed by atoms with Crippen molar-refractivity contribution in [3.8, 4) is 22.1 Å². The average Bonchev–Trinajstić information content (AvgIpc) is 3.61. The number of carbonyl (C=O) groups is 1. The van der Waals surface area contributed by atoms with Crippen LogP contribution in [-0.4, -0.2) is 36.1 Å². The molecule has 1 fully saturated rings. The maximum absolute atomic E-state index is 12.3. The second-order valence-electron chi connectivity index (χ2n) is 10.1. The molecule has 0 bridgehead atoms. The molecule has 1 aliphatic carbocycles. The molecule has 1 amide bonds. The van der Waals surface area contributed by atoms with Crippen molar-refractivity contribution in [2.75, 3.05) is 25.6 Å². The number of fused-ring (bicyclic) bond motifs is 1. The number of pyridine rings is 2. The largest absolute Gasteiger partial charge is 0.455 e. The first kappa shape index (κ1) is 26.3. The molecule has 7 nitrogen and oxygen atoms in total. The molecule has 2 N–H and O–H groups in total. The predicted octanol–water partition coefficient (Wildman–Crippen LogP) is 6.75. The fourth-order valence-corrected chi connectivity index (χ4v) is 5.33. The number of amides is 1. The Balaban J connectivity index is 1.34. The van der Waals surface area contributed by atoms with Gasteiger partial charge in [-0.1, -0.05) is 19.9 Å². The number of anilines is 1. The van der Waals surface area contributed by atoms with E-state index in [0.717, 1.165) is 75.0 Å². The minimum absolute atomic E-state index is 0.0850. The van der Waals surface area contributed by atoms with Gasteiger partial charge in [-0.3, -0.25) is 14.8 Å². The highest BCUT2D eigenvalue weighted by Crippen LogP contribution is 2.40. The van der Waals surface area contributed by atoms with E-state index in [9.17, 15) is 4.79 Å². The third-order valence-electron chi connectivity index (χ3n) is 6.57. The summed E-state index contributed by atoms with van der Waals surface area (Å²) in [7, 11) is 1.70. The van der Waals surface area contributed by atoms with Gasteiger partial charge in [-0.05, 0) is 66.1 Å². The second kappa shape index (κ2) is 12.0. The molecule has 3 aromatic heterocycles. The van der Waals surface area contributed by atoms with Crippen molar-refractivity contribution in [3.05, 3.63) is 66.0 Å². The van der Waals surface area contributed by atoms with Gasteiger partial charge in [-0.25, -0.2) is 0 Å². The van der Waals surface area contributed by atoms with Crippen LogP contribution >= 0.6 is 11.3 Å². The van der Waals surface area contributed by atoms with Crippen LogP contribution < -0.4 is 15.4 Å². The number of carbonyl (C=O) groups excluding carboxylic acids is 1. The topological polar surface area (TPSA) is 85.4 Å². The molecule has 38 heavy (non-hydrogen) atoms. The number of rotatable bonds is 12. The van der Waals surface area contributed by atoms with Gasteiger partial charge >= 0.3 is 0 Å². The van der Waals surface area contributed by atoms with Gasteiger partial charge in [0.05, 0.1) is 27.4 Å². The van der Waals surface area contributed by atoms with Crippen molar-refractivity contribution in [3.63, 3.8) is 0 Å². The Hall–Kier alpha value is -3.33. The third-order valence-corrected chi connectivity index (χ3v) is 7.73. The van der Waals surface area contributed by atoms with Crippen LogP contribution in [0.1, 0.15) is 50.2 Å². The van der Waals surface area contributed by atoms with Crippen LogP contribution in [0.25, 0.3) is 20.8 Å². The third kappa shape index (κ3) is 6.56. The Morgan fingerprint density at radius 2 is 1.97 bits per heavy atom. The van der Waals surface area contributed by atoms with Gasteiger partial charge in [0.2, 0.25) is 5.91 Å². The highest BCUT2D eigenvalue weighted by Gasteiger charge is 2.24. The zero-order valence-electron chi connectivity index (χ0n) is 22.1. The number of nitrogens with one attached hydrogen (secondary N) is 2. The number of aromatic nitrogens is 2. The Kier molecular flexibility index (Phi) is 8.32. The fraction of sp³-hybridized carbons (Fsp3) is 0.367. The zero-order chi connectivity index (χ0) is 26.5. The normalized spacial score (nSPS) is 13.3. The number of hydrogen-bond donors (Lipinski definition) is 2. The molecule has 0 spiro atoms. The molecule has 1 saturated carbocycles. The molecule has 198 valence electrons. The lowest BCUT2D eigenvalue weighted by atomic mass is 10.0.